The van der Waals surface area contributed by atoms with Crippen LogP contribution in [-0.2, 0) is 6.42 Å². The van der Waals surface area contributed by atoms with Gasteiger partial charge in [-0.1, -0.05) is 24.3 Å². The van der Waals surface area contributed by atoms with Gasteiger partial charge < -0.3 is 15.8 Å². The van der Waals surface area contributed by atoms with Crippen LogP contribution >= 0.6 is 11.3 Å². The first-order chi connectivity index (χ1) is 16.9. The Morgan fingerprint density at radius 3 is 2.63 bits per heavy atom. The lowest BCUT2D eigenvalue weighted by molar-refractivity contribution is 0.102. The Balaban J connectivity index is 1.47. The average molecular weight is 484 g/mol. The predicted octanol–water partition coefficient (Wildman–Crippen LogP) is 5.76. The third-order valence-electron chi connectivity index (χ3n) is 5.77. The monoisotopic (exact) mass is 483 g/mol. The highest BCUT2D eigenvalue weighted by Gasteiger charge is 2.18. The highest BCUT2D eigenvalue weighted by atomic mass is 32.1. The second-order valence-electron chi connectivity index (χ2n) is 8.64. The van der Waals surface area contributed by atoms with Crippen molar-refractivity contribution in [2.75, 3.05) is 11.1 Å². The first-order valence-corrected chi connectivity index (χ1v) is 12.2. The van der Waals surface area contributed by atoms with Gasteiger partial charge in [0.25, 0.3) is 5.91 Å². The molecule has 0 aliphatic rings. The molecule has 5 rings (SSSR count). The van der Waals surface area contributed by atoms with E-state index in [2.05, 4.69) is 38.5 Å². The highest BCUT2D eigenvalue weighted by Crippen LogP contribution is 2.32. The number of carbonyl (C=O) groups excluding carboxylic acids is 1. The van der Waals surface area contributed by atoms with E-state index in [1.54, 1.807) is 11.6 Å². The second-order valence-corrected chi connectivity index (χ2v) is 9.52. The molecule has 8 heteroatoms. The van der Waals surface area contributed by atoms with Crippen LogP contribution < -0.4 is 15.8 Å². The average Bonchev–Trinajstić information content (AvgIpc) is 3.28. The van der Waals surface area contributed by atoms with Crippen LogP contribution in [0.2, 0.25) is 0 Å². The number of nitrogens with one attached hydrogen (secondary N) is 1. The maximum atomic E-state index is 13.2. The minimum absolute atomic E-state index is 0.134. The van der Waals surface area contributed by atoms with Gasteiger partial charge in [0.15, 0.2) is 0 Å². The SMILES string of the molecule is Cc1ccc2c(Cc3ccc(OC(C)C)cc3)nccc2c1NC(=O)c1csc2c(N)ncnc12. The van der Waals surface area contributed by atoms with Crippen molar-refractivity contribution >= 4 is 49.7 Å². The fourth-order valence-corrected chi connectivity index (χ4v) is 5.00. The molecular formula is C27H25N5O2S. The van der Waals surface area contributed by atoms with Crippen molar-refractivity contribution in [2.24, 2.45) is 0 Å². The number of anilines is 2. The minimum atomic E-state index is -0.232. The third kappa shape index (κ3) is 4.52. The number of nitrogens with two attached hydrogens (primary N) is 1. The summed E-state index contributed by atoms with van der Waals surface area (Å²) in [6.45, 7) is 6.00. The van der Waals surface area contributed by atoms with Gasteiger partial charge in [0.05, 0.1) is 33.3 Å². The summed E-state index contributed by atoms with van der Waals surface area (Å²) < 4.78 is 6.46. The summed E-state index contributed by atoms with van der Waals surface area (Å²) in [6.07, 6.45) is 3.97. The van der Waals surface area contributed by atoms with E-state index >= 15 is 0 Å². The van der Waals surface area contributed by atoms with E-state index < -0.39 is 0 Å². The van der Waals surface area contributed by atoms with Crippen molar-refractivity contribution in [3.63, 3.8) is 0 Å². The number of pyridine rings is 1. The Bertz CT molecular complexity index is 1540. The molecule has 1 amide bonds. The van der Waals surface area contributed by atoms with Crippen molar-refractivity contribution in [1.82, 2.24) is 15.0 Å². The third-order valence-corrected chi connectivity index (χ3v) is 6.76. The lowest BCUT2D eigenvalue weighted by atomic mass is 10.00. The number of nitrogen functional groups attached to an aromatic ring is 1. The van der Waals surface area contributed by atoms with Crippen LogP contribution in [0.15, 0.2) is 60.4 Å². The molecular weight excluding hydrogens is 458 g/mol. The van der Waals surface area contributed by atoms with E-state index in [9.17, 15) is 4.79 Å². The Morgan fingerprint density at radius 1 is 1.06 bits per heavy atom. The van der Waals surface area contributed by atoms with E-state index in [1.165, 1.54) is 17.7 Å². The van der Waals surface area contributed by atoms with Crippen molar-refractivity contribution in [1.29, 1.82) is 0 Å². The molecule has 0 bridgehead atoms. The lowest BCUT2D eigenvalue weighted by Gasteiger charge is -2.14. The lowest BCUT2D eigenvalue weighted by Crippen LogP contribution is -2.13. The molecule has 3 N–H and O–H groups in total. The van der Waals surface area contributed by atoms with E-state index in [4.69, 9.17) is 10.5 Å². The van der Waals surface area contributed by atoms with Gasteiger partial charge in [-0.15, -0.1) is 11.3 Å². The summed E-state index contributed by atoms with van der Waals surface area (Å²) in [7, 11) is 0. The van der Waals surface area contributed by atoms with Crippen LogP contribution in [0.25, 0.3) is 21.0 Å². The second kappa shape index (κ2) is 9.31. The van der Waals surface area contributed by atoms with Gasteiger partial charge in [-0.3, -0.25) is 9.78 Å². The minimum Gasteiger partial charge on any atom is -0.491 e. The first kappa shape index (κ1) is 22.7. The normalized spacial score (nSPS) is 11.3. The van der Waals surface area contributed by atoms with E-state index in [-0.39, 0.29) is 12.0 Å². The van der Waals surface area contributed by atoms with Gasteiger partial charge in [0.2, 0.25) is 0 Å². The Morgan fingerprint density at radius 2 is 1.86 bits per heavy atom. The van der Waals surface area contributed by atoms with Gasteiger partial charge >= 0.3 is 0 Å². The van der Waals surface area contributed by atoms with Crippen molar-refractivity contribution < 1.29 is 9.53 Å². The molecule has 176 valence electrons. The molecule has 0 aliphatic heterocycles. The largest absolute Gasteiger partial charge is 0.491 e. The summed E-state index contributed by atoms with van der Waals surface area (Å²) in [5.41, 5.74) is 10.8. The molecule has 0 fully saturated rings. The number of thiophene rings is 1. The van der Waals surface area contributed by atoms with Gasteiger partial charge in [-0.2, -0.15) is 0 Å². The number of rotatable bonds is 6. The molecule has 7 nitrogen and oxygen atoms in total. The topological polar surface area (TPSA) is 103 Å². The first-order valence-electron chi connectivity index (χ1n) is 11.3. The molecule has 35 heavy (non-hydrogen) atoms. The highest BCUT2D eigenvalue weighted by molar-refractivity contribution is 7.18. The number of amides is 1. The predicted molar refractivity (Wildman–Crippen MR) is 141 cm³/mol. The summed E-state index contributed by atoms with van der Waals surface area (Å²) in [5.74, 6) is 0.993. The fourth-order valence-electron chi connectivity index (χ4n) is 4.09. The van der Waals surface area contributed by atoms with Crippen LogP contribution in [0.4, 0.5) is 11.5 Å². The van der Waals surface area contributed by atoms with Gasteiger partial charge in [0.1, 0.15) is 17.9 Å². The van der Waals surface area contributed by atoms with Crippen LogP contribution in [0, 0.1) is 6.92 Å². The van der Waals surface area contributed by atoms with Crippen LogP contribution in [0.5, 0.6) is 5.75 Å². The molecule has 0 unspecified atom stereocenters. The molecule has 0 atom stereocenters. The zero-order valence-electron chi connectivity index (χ0n) is 19.7. The quantitative estimate of drug-likeness (QED) is 0.318. The number of benzene rings is 2. The van der Waals surface area contributed by atoms with Gasteiger partial charge in [0, 0.05) is 28.8 Å². The van der Waals surface area contributed by atoms with Crippen LogP contribution in [0.1, 0.15) is 41.0 Å². The number of aromatic nitrogens is 3. The number of nitrogens with zero attached hydrogens (tertiary/aromatic N) is 3. The van der Waals surface area contributed by atoms with Crippen LogP contribution in [0.3, 0.4) is 0 Å². The molecule has 5 aromatic rings. The molecule has 3 heterocycles. The van der Waals surface area contributed by atoms with E-state index in [0.29, 0.717) is 28.0 Å². The maximum Gasteiger partial charge on any atom is 0.258 e. The number of carbonyl (C=O) groups is 1. The standard InChI is InChI=1S/C27H25N5O2S/c1-15(2)34-18-7-5-17(6-8-18)12-22-19-9-4-16(3)23(20(19)10-11-29-22)32-27(33)21-13-35-25-24(21)30-14-31-26(25)28/h4-11,13-15H,12H2,1-3H3,(H,32,33)(H2,28,30,31). The molecule has 0 saturated carbocycles. The molecule has 0 aliphatic carbocycles. The Kier molecular flexibility index (Phi) is 6.05. The zero-order valence-corrected chi connectivity index (χ0v) is 20.5. The fraction of sp³-hybridized carbons (Fsp3) is 0.185. The molecule has 0 spiro atoms. The summed E-state index contributed by atoms with van der Waals surface area (Å²) in [5, 5.41) is 6.81. The van der Waals surface area contributed by atoms with Crippen molar-refractivity contribution in [3.05, 3.63) is 82.8 Å². The van der Waals surface area contributed by atoms with Crippen molar-refractivity contribution in [3.8, 4) is 5.75 Å². The van der Waals surface area contributed by atoms with Crippen LogP contribution in [-0.4, -0.2) is 27.0 Å². The Labute approximate surface area is 207 Å². The zero-order chi connectivity index (χ0) is 24.5. The van der Waals surface area contributed by atoms with E-state index in [1.807, 2.05) is 45.0 Å². The van der Waals surface area contributed by atoms with E-state index in [0.717, 1.165) is 39.0 Å². The number of fused-ring (bicyclic) bond motifs is 2. The molecule has 3 aromatic heterocycles. The number of aryl methyl sites for hydroxylation is 1. The molecule has 2 aromatic carbocycles. The van der Waals surface area contributed by atoms with Gasteiger partial charge in [-0.05, 0) is 50.1 Å². The Hall–Kier alpha value is -4.04. The number of hydrogen-bond donors (Lipinski definition) is 2. The summed E-state index contributed by atoms with van der Waals surface area (Å²) in [6, 6.07) is 14.1. The number of hydrogen-bond acceptors (Lipinski definition) is 7. The smallest absolute Gasteiger partial charge is 0.258 e. The number of ether oxygens (including phenoxy) is 1. The summed E-state index contributed by atoms with van der Waals surface area (Å²) >= 11 is 1.37. The molecule has 0 radical (unpaired) electrons. The van der Waals surface area contributed by atoms with Gasteiger partial charge in [-0.25, -0.2) is 9.97 Å². The molecule has 0 saturated heterocycles. The maximum absolute atomic E-state index is 13.2. The summed E-state index contributed by atoms with van der Waals surface area (Å²) in [4.78, 5) is 26.2. The van der Waals surface area contributed by atoms with Crippen molar-refractivity contribution in [2.45, 2.75) is 33.3 Å².